The van der Waals surface area contributed by atoms with Crippen LogP contribution in [0, 0.1) is 0 Å². The molecule has 1 aromatic rings. The van der Waals surface area contributed by atoms with E-state index in [2.05, 4.69) is 29.1 Å². The molecule has 0 aliphatic carbocycles. The molecular formula is C13H17NO2. The molecule has 0 unspecified atom stereocenters. The van der Waals surface area contributed by atoms with Crippen molar-refractivity contribution in [1.82, 2.24) is 0 Å². The molecule has 0 bridgehead atoms. The molecule has 1 aliphatic rings. The fraction of sp³-hybridized carbons (Fsp3) is 0.462. The van der Waals surface area contributed by atoms with Gasteiger partial charge in [0.1, 0.15) is 0 Å². The van der Waals surface area contributed by atoms with E-state index in [1.54, 1.807) is 0 Å². The molecule has 0 radical (unpaired) electrons. The van der Waals surface area contributed by atoms with Gasteiger partial charge >= 0.3 is 5.97 Å². The van der Waals surface area contributed by atoms with Crippen molar-refractivity contribution >= 4 is 11.7 Å². The van der Waals surface area contributed by atoms with Crippen molar-refractivity contribution in [2.45, 2.75) is 31.7 Å². The molecule has 2 rings (SSSR count). The van der Waals surface area contributed by atoms with Crippen LogP contribution in [0.15, 0.2) is 24.3 Å². The molecule has 1 heterocycles. The Labute approximate surface area is 95.8 Å². The summed E-state index contributed by atoms with van der Waals surface area (Å²) in [5.74, 6) is 0.284. The minimum Gasteiger partial charge on any atom is -0.469 e. The number of benzene rings is 1. The van der Waals surface area contributed by atoms with Gasteiger partial charge in [-0.25, -0.2) is 0 Å². The first-order valence-electron chi connectivity index (χ1n) is 5.64. The van der Waals surface area contributed by atoms with Gasteiger partial charge in [-0.3, -0.25) is 4.79 Å². The van der Waals surface area contributed by atoms with Gasteiger partial charge in [0.05, 0.1) is 7.11 Å². The van der Waals surface area contributed by atoms with E-state index in [1.807, 2.05) is 12.1 Å². The monoisotopic (exact) mass is 219 g/mol. The number of para-hydroxylation sites is 1. The number of fused-ring (bicyclic) bond motifs is 1. The van der Waals surface area contributed by atoms with Crippen LogP contribution < -0.4 is 5.32 Å². The Kier molecular flexibility index (Phi) is 3.13. The predicted octanol–water partition coefficient (Wildman–Crippen LogP) is 2.54. The highest BCUT2D eigenvalue weighted by Crippen LogP contribution is 2.38. The number of anilines is 1. The Morgan fingerprint density at radius 3 is 2.94 bits per heavy atom. The molecule has 1 aromatic carbocycles. The largest absolute Gasteiger partial charge is 0.469 e. The van der Waals surface area contributed by atoms with Crippen LogP contribution in [0.2, 0.25) is 0 Å². The molecule has 0 aromatic heterocycles. The highest BCUT2D eigenvalue weighted by atomic mass is 16.5. The van der Waals surface area contributed by atoms with Gasteiger partial charge in [0.2, 0.25) is 0 Å². The summed E-state index contributed by atoms with van der Waals surface area (Å²) in [4.78, 5) is 11.1. The van der Waals surface area contributed by atoms with E-state index in [0.29, 0.717) is 18.4 Å². The van der Waals surface area contributed by atoms with E-state index >= 15 is 0 Å². The highest BCUT2D eigenvalue weighted by Gasteiger charge is 2.28. The summed E-state index contributed by atoms with van der Waals surface area (Å²) >= 11 is 0. The number of carbonyl (C=O) groups excluding carboxylic acids is 1. The molecule has 16 heavy (non-hydrogen) atoms. The third-order valence-corrected chi connectivity index (χ3v) is 3.23. The quantitative estimate of drug-likeness (QED) is 0.794. The molecule has 0 spiro atoms. The lowest BCUT2D eigenvalue weighted by atomic mass is 9.91. The fourth-order valence-corrected chi connectivity index (χ4v) is 2.35. The lowest BCUT2D eigenvalue weighted by molar-refractivity contribution is -0.140. The first-order chi connectivity index (χ1) is 7.72. The molecule has 3 heteroatoms. The van der Waals surface area contributed by atoms with E-state index < -0.39 is 0 Å². The number of ether oxygens (including phenoxy) is 1. The van der Waals surface area contributed by atoms with Gasteiger partial charge in [-0.2, -0.15) is 0 Å². The summed E-state index contributed by atoms with van der Waals surface area (Å²) in [5, 5.41) is 3.44. The maximum atomic E-state index is 11.1. The Balaban J connectivity index is 2.07. The molecule has 0 saturated carbocycles. The van der Waals surface area contributed by atoms with Crippen LogP contribution in [0.5, 0.6) is 0 Å². The van der Waals surface area contributed by atoms with E-state index in [-0.39, 0.29) is 5.97 Å². The standard InChI is InChI=1S/C13H17NO2/c1-9-10(7-8-13(15)16-2)11-5-3-4-6-12(11)14-9/h3-6,9-10,14H,7-8H2,1-2H3/t9-,10+/m1/s1. The van der Waals surface area contributed by atoms with Crippen molar-refractivity contribution in [2.75, 3.05) is 12.4 Å². The Morgan fingerprint density at radius 2 is 2.19 bits per heavy atom. The molecule has 0 amide bonds. The fourth-order valence-electron chi connectivity index (χ4n) is 2.35. The number of methoxy groups -OCH3 is 1. The van der Waals surface area contributed by atoms with E-state index in [0.717, 1.165) is 6.42 Å². The molecule has 0 fully saturated rings. The van der Waals surface area contributed by atoms with Crippen molar-refractivity contribution in [3.63, 3.8) is 0 Å². The van der Waals surface area contributed by atoms with Gasteiger partial charge in [-0.1, -0.05) is 18.2 Å². The van der Waals surface area contributed by atoms with Crippen LogP contribution in [0.4, 0.5) is 5.69 Å². The van der Waals surface area contributed by atoms with Crippen molar-refractivity contribution in [3.05, 3.63) is 29.8 Å². The highest BCUT2D eigenvalue weighted by molar-refractivity contribution is 5.69. The van der Waals surface area contributed by atoms with Crippen molar-refractivity contribution in [2.24, 2.45) is 0 Å². The summed E-state index contributed by atoms with van der Waals surface area (Å²) in [6, 6.07) is 8.69. The Morgan fingerprint density at radius 1 is 1.44 bits per heavy atom. The van der Waals surface area contributed by atoms with Gasteiger partial charge in [0.25, 0.3) is 0 Å². The first-order valence-corrected chi connectivity index (χ1v) is 5.64. The average Bonchev–Trinajstić information content (AvgIpc) is 2.62. The smallest absolute Gasteiger partial charge is 0.305 e. The second-order valence-corrected chi connectivity index (χ2v) is 4.24. The first kappa shape index (κ1) is 11.0. The minimum absolute atomic E-state index is 0.128. The third-order valence-electron chi connectivity index (χ3n) is 3.23. The summed E-state index contributed by atoms with van der Waals surface area (Å²) < 4.78 is 4.67. The Bertz CT molecular complexity index is 389. The average molecular weight is 219 g/mol. The number of hydrogen-bond acceptors (Lipinski definition) is 3. The van der Waals surface area contributed by atoms with Crippen LogP contribution in [-0.2, 0) is 9.53 Å². The minimum atomic E-state index is -0.128. The molecule has 1 aliphatic heterocycles. The number of rotatable bonds is 3. The second-order valence-electron chi connectivity index (χ2n) is 4.24. The zero-order chi connectivity index (χ0) is 11.5. The summed E-state index contributed by atoms with van der Waals surface area (Å²) in [6.45, 7) is 2.15. The molecule has 1 N–H and O–H groups in total. The molecular weight excluding hydrogens is 202 g/mol. The zero-order valence-electron chi connectivity index (χ0n) is 9.69. The molecule has 2 atom stereocenters. The number of hydrogen-bond donors (Lipinski definition) is 1. The van der Waals surface area contributed by atoms with Crippen molar-refractivity contribution in [3.8, 4) is 0 Å². The summed E-state index contributed by atoms with van der Waals surface area (Å²) in [7, 11) is 1.44. The van der Waals surface area contributed by atoms with Gasteiger partial charge in [-0.05, 0) is 25.0 Å². The number of nitrogens with one attached hydrogen (secondary N) is 1. The van der Waals surface area contributed by atoms with Gasteiger partial charge in [-0.15, -0.1) is 0 Å². The van der Waals surface area contributed by atoms with Gasteiger partial charge in [0, 0.05) is 24.1 Å². The molecule has 0 saturated heterocycles. The van der Waals surface area contributed by atoms with Crippen molar-refractivity contribution < 1.29 is 9.53 Å². The number of esters is 1. The summed E-state index contributed by atoms with van der Waals surface area (Å²) in [5.41, 5.74) is 2.52. The molecule has 86 valence electrons. The topological polar surface area (TPSA) is 38.3 Å². The normalized spacial score (nSPS) is 22.4. The van der Waals surface area contributed by atoms with Crippen LogP contribution in [-0.4, -0.2) is 19.1 Å². The van der Waals surface area contributed by atoms with Crippen LogP contribution in [0.3, 0.4) is 0 Å². The second kappa shape index (κ2) is 4.56. The van der Waals surface area contributed by atoms with Crippen LogP contribution in [0.1, 0.15) is 31.2 Å². The lowest BCUT2D eigenvalue weighted by Gasteiger charge is -2.15. The zero-order valence-corrected chi connectivity index (χ0v) is 9.69. The lowest BCUT2D eigenvalue weighted by Crippen LogP contribution is -2.17. The van der Waals surface area contributed by atoms with E-state index in [4.69, 9.17) is 0 Å². The van der Waals surface area contributed by atoms with Gasteiger partial charge in [0.15, 0.2) is 0 Å². The third kappa shape index (κ3) is 2.03. The SMILES string of the molecule is COC(=O)CC[C@@H]1c2ccccc2N[C@@H]1C. The predicted molar refractivity (Wildman–Crippen MR) is 63.5 cm³/mol. The van der Waals surface area contributed by atoms with E-state index in [1.165, 1.54) is 18.4 Å². The molecule has 3 nitrogen and oxygen atoms in total. The van der Waals surface area contributed by atoms with Crippen molar-refractivity contribution in [1.29, 1.82) is 0 Å². The number of carbonyl (C=O) groups is 1. The Hall–Kier alpha value is -1.51. The maximum Gasteiger partial charge on any atom is 0.305 e. The van der Waals surface area contributed by atoms with Gasteiger partial charge < -0.3 is 10.1 Å². The summed E-state index contributed by atoms with van der Waals surface area (Å²) in [6.07, 6.45) is 1.33. The maximum absolute atomic E-state index is 11.1. The van der Waals surface area contributed by atoms with Crippen LogP contribution >= 0.6 is 0 Å². The van der Waals surface area contributed by atoms with E-state index in [9.17, 15) is 4.79 Å². The van der Waals surface area contributed by atoms with Crippen LogP contribution in [0.25, 0.3) is 0 Å².